The molecule has 1 aromatic heterocycles. The van der Waals surface area contributed by atoms with E-state index in [1.54, 1.807) is 6.92 Å². The van der Waals surface area contributed by atoms with E-state index in [2.05, 4.69) is 20.9 Å². The van der Waals surface area contributed by atoms with Crippen LogP contribution >= 0.6 is 15.9 Å². The van der Waals surface area contributed by atoms with Gasteiger partial charge in [0.05, 0.1) is 17.5 Å². The summed E-state index contributed by atoms with van der Waals surface area (Å²) in [7, 11) is -2.87. The third-order valence-corrected chi connectivity index (χ3v) is 7.10. The molecule has 0 radical (unpaired) electrons. The number of nitrogens with zero attached hydrogens (tertiary/aromatic N) is 2. The van der Waals surface area contributed by atoms with E-state index in [-0.39, 0.29) is 23.9 Å². The standard InChI is InChI=1S/C22H23BrN2O6S/c1-3-31-14-19-24-21(26)20(32(28,29)17-11-9-16(23)10-12-17)22(27)25(19)18(13-30-2)15-7-5-4-6-8-15/h4-12,18,27H,3,13-14H2,1-2H3/t18-/m0/s1. The Hall–Kier alpha value is -2.53. The van der Waals surface area contributed by atoms with Crippen molar-refractivity contribution >= 4 is 25.8 Å². The van der Waals surface area contributed by atoms with Gasteiger partial charge < -0.3 is 14.6 Å². The van der Waals surface area contributed by atoms with E-state index in [4.69, 9.17) is 9.47 Å². The summed E-state index contributed by atoms with van der Waals surface area (Å²) in [5.74, 6) is -0.622. The molecule has 0 spiro atoms. The molecule has 0 fully saturated rings. The highest BCUT2D eigenvalue weighted by atomic mass is 79.9. The number of benzene rings is 2. The third kappa shape index (κ3) is 4.93. The Morgan fingerprint density at radius 1 is 1.12 bits per heavy atom. The van der Waals surface area contributed by atoms with Crippen LogP contribution in [0.3, 0.4) is 0 Å². The number of hydrogen-bond acceptors (Lipinski definition) is 7. The lowest BCUT2D eigenvalue weighted by Gasteiger charge is -2.25. The first-order chi connectivity index (χ1) is 15.3. The monoisotopic (exact) mass is 522 g/mol. The lowest BCUT2D eigenvalue weighted by molar-refractivity contribution is 0.114. The van der Waals surface area contributed by atoms with Crippen molar-refractivity contribution in [2.24, 2.45) is 0 Å². The summed E-state index contributed by atoms with van der Waals surface area (Å²) in [5, 5.41) is 11.2. The minimum Gasteiger partial charge on any atom is -0.493 e. The summed E-state index contributed by atoms with van der Waals surface area (Å²) in [6.07, 6.45) is 0. The molecule has 1 N–H and O–H groups in total. The zero-order valence-corrected chi connectivity index (χ0v) is 20.0. The largest absolute Gasteiger partial charge is 0.493 e. The molecule has 2 aromatic carbocycles. The van der Waals surface area contributed by atoms with Crippen molar-refractivity contribution < 1.29 is 23.0 Å². The Labute approximate surface area is 194 Å². The van der Waals surface area contributed by atoms with Crippen LogP contribution in [0, 0.1) is 0 Å². The Balaban J connectivity index is 2.29. The molecule has 0 amide bonds. The number of aromatic hydroxyl groups is 1. The number of aromatic nitrogens is 2. The first kappa shape index (κ1) is 24.1. The highest BCUT2D eigenvalue weighted by Gasteiger charge is 2.32. The number of sulfone groups is 1. The predicted octanol–water partition coefficient (Wildman–Crippen LogP) is 3.32. The van der Waals surface area contributed by atoms with Crippen LogP contribution in [-0.4, -0.2) is 43.4 Å². The molecule has 10 heteroatoms. The molecule has 1 heterocycles. The van der Waals surface area contributed by atoms with Crippen LogP contribution in [-0.2, 0) is 25.9 Å². The van der Waals surface area contributed by atoms with Crippen LogP contribution < -0.4 is 5.56 Å². The van der Waals surface area contributed by atoms with Crippen molar-refractivity contribution in [2.45, 2.75) is 29.4 Å². The Morgan fingerprint density at radius 2 is 1.78 bits per heavy atom. The summed E-state index contributed by atoms with van der Waals surface area (Å²) in [4.78, 5) is 15.9. The zero-order valence-electron chi connectivity index (χ0n) is 17.6. The second-order valence-electron chi connectivity index (χ2n) is 6.83. The van der Waals surface area contributed by atoms with Gasteiger partial charge in [-0.25, -0.2) is 8.42 Å². The van der Waals surface area contributed by atoms with Gasteiger partial charge in [-0.1, -0.05) is 46.3 Å². The highest BCUT2D eigenvalue weighted by molar-refractivity contribution is 9.10. The van der Waals surface area contributed by atoms with E-state index >= 15 is 0 Å². The molecule has 1 atom stereocenters. The molecule has 3 aromatic rings. The van der Waals surface area contributed by atoms with Gasteiger partial charge in [0.15, 0.2) is 4.90 Å². The summed E-state index contributed by atoms with van der Waals surface area (Å²) in [6, 6.07) is 14.2. The Kier molecular flexibility index (Phi) is 7.83. The van der Waals surface area contributed by atoms with Crippen LogP contribution in [0.5, 0.6) is 5.88 Å². The van der Waals surface area contributed by atoms with Gasteiger partial charge >= 0.3 is 0 Å². The van der Waals surface area contributed by atoms with Crippen molar-refractivity contribution in [1.29, 1.82) is 0 Å². The van der Waals surface area contributed by atoms with E-state index in [1.165, 1.54) is 35.9 Å². The predicted molar refractivity (Wildman–Crippen MR) is 122 cm³/mol. The zero-order chi connectivity index (χ0) is 23.3. The van der Waals surface area contributed by atoms with E-state index in [1.807, 2.05) is 30.3 Å². The quantitative estimate of drug-likeness (QED) is 0.459. The maximum Gasteiger partial charge on any atom is 0.296 e. The second kappa shape index (κ2) is 10.4. The molecule has 170 valence electrons. The molecular weight excluding hydrogens is 500 g/mol. The number of hydrogen-bond donors (Lipinski definition) is 1. The van der Waals surface area contributed by atoms with Crippen LogP contribution in [0.2, 0.25) is 0 Å². The van der Waals surface area contributed by atoms with Crippen LogP contribution in [0.1, 0.15) is 24.4 Å². The molecular formula is C22H23BrN2O6S. The lowest BCUT2D eigenvalue weighted by atomic mass is 10.1. The fourth-order valence-corrected chi connectivity index (χ4v) is 4.90. The van der Waals surface area contributed by atoms with E-state index < -0.39 is 32.2 Å². The average Bonchev–Trinajstić information content (AvgIpc) is 2.77. The smallest absolute Gasteiger partial charge is 0.296 e. The van der Waals surface area contributed by atoms with Crippen LogP contribution in [0.4, 0.5) is 0 Å². The van der Waals surface area contributed by atoms with Gasteiger partial charge in [-0.2, -0.15) is 4.98 Å². The molecule has 3 rings (SSSR count). The van der Waals surface area contributed by atoms with Gasteiger partial charge in [0, 0.05) is 18.2 Å². The van der Waals surface area contributed by atoms with Crippen LogP contribution in [0.25, 0.3) is 0 Å². The third-order valence-electron chi connectivity index (χ3n) is 4.78. The van der Waals surface area contributed by atoms with E-state index in [9.17, 15) is 18.3 Å². The van der Waals surface area contributed by atoms with Gasteiger partial charge in [-0.15, -0.1) is 0 Å². The minimum atomic E-state index is -4.36. The summed E-state index contributed by atoms with van der Waals surface area (Å²) < 4.78 is 39.3. The summed E-state index contributed by atoms with van der Waals surface area (Å²) >= 11 is 3.25. The van der Waals surface area contributed by atoms with Crippen molar-refractivity contribution in [2.75, 3.05) is 20.3 Å². The first-order valence-corrected chi connectivity index (χ1v) is 12.1. The minimum absolute atomic E-state index is 0.0923. The fourth-order valence-electron chi connectivity index (χ4n) is 3.29. The molecule has 0 aliphatic rings. The van der Waals surface area contributed by atoms with Crippen molar-refractivity contribution in [3.63, 3.8) is 0 Å². The van der Waals surface area contributed by atoms with Gasteiger partial charge in [-0.3, -0.25) is 9.36 Å². The Bertz CT molecular complexity index is 1230. The average molecular weight is 523 g/mol. The maximum absolute atomic E-state index is 13.3. The first-order valence-electron chi connectivity index (χ1n) is 9.77. The number of methoxy groups -OCH3 is 1. The molecule has 0 bridgehead atoms. The highest BCUT2D eigenvalue weighted by Crippen LogP contribution is 2.32. The molecule has 0 saturated carbocycles. The maximum atomic E-state index is 13.3. The van der Waals surface area contributed by atoms with Gasteiger partial charge in [0.25, 0.3) is 5.56 Å². The molecule has 32 heavy (non-hydrogen) atoms. The van der Waals surface area contributed by atoms with E-state index in [0.717, 1.165) is 5.56 Å². The summed E-state index contributed by atoms with van der Waals surface area (Å²) in [6.45, 7) is 2.12. The number of rotatable bonds is 9. The van der Waals surface area contributed by atoms with Gasteiger partial charge in [-0.05, 0) is 36.8 Å². The SMILES string of the molecule is CCOCc1nc(=O)c(S(=O)(=O)c2ccc(Br)cc2)c(O)n1[C@@H](COC)c1ccccc1. The van der Waals surface area contributed by atoms with Crippen molar-refractivity contribution in [3.8, 4) is 5.88 Å². The van der Waals surface area contributed by atoms with E-state index in [0.29, 0.717) is 11.1 Å². The normalized spacial score (nSPS) is 12.6. The summed E-state index contributed by atoms with van der Waals surface area (Å²) in [5.41, 5.74) is -0.319. The molecule has 0 saturated heterocycles. The molecule has 8 nitrogen and oxygen atoms in total. The topological polar surface area (TPSA) is 108 Å². The fraction of sp³-hybridized carbons (Fsp3) is 0.273. The van der Waals surface area contributed by atoms with Crippen LogP contribution in [0.15, 0.2) is 73.7 Å². The lowest BCUT2D eigenvalue weighted by Crippen LogP contribution is -2.29. The van der Waals surface area contributed by atoms with Crippen molar-refractivity contribution in [1.82, 2.24) is 9.55 Å². The molecule has 0 aliphatic carbocycles. The van der Waals surface area contributed by atoms with Gasteiger partial charge in [0.1, 0.15) is 12.4 Å². The second-order valence-corrected chi connectivity index (χ2v) is 9.63. The molecule has 0 aliphatic heterocycles. The van der Waals surface area contributed by atoms with Crippen molar-refractivity contribution in [3.05, 3.63) is 80.8 Å². The van der Waals surface area contributed by atoms with Gasteiger partial charge in [0.2, 0.25) is 15.7 Å². The number of halogens is 1. The Morgan fingerprint density at radius 3 is 2.38 bits per heavy atom. The number of ether oxygens (including phenoxy) is 2. The molecule has 0 unspecified atom stereocenters.